The van der Waals surface area contributed by atoms with Gasteiger partial charge in [0.2, 0.25) is 0 Å². The third-order valence-corrected chi connectivity index (χ3v) is 3.53. The number of rotatable bonds is 5. The Morgan fingerprint density at radius 3 is 2.78 bits per heavy atom. The molecule has 2 aromatic carbocycles. The fourth-order valence-corrected chi connectivity index (χ4v) is 2.29. The van der Waals surface area contributed by atoms with Crippen molar-refractivity contribution in [1.82, 2.24) is 14.9 Å². The second-order valence-corrected chi connectivity index (χ2v) is 5.62. The van der Waals surface area contributed by atoms with Crippen molar-refractivity contribution >= 4 is 17.0 Å². The van der Waals surface area contributed by atoms with E-state index in [2.05, 4.69) is 9.97 Å². The molecule has 0 bridgehead atoms. The van der Waals surface area contributed by atoms with Gasteiger partial charge in [0.15, 0.2) is 0 Å². The minimum Gasteiger partial charge on any atom is -0.461 e. The molecule has 1 N–H and O–H groups in total. The molecule has 0 radical (unpaired) electrons. The molecule has 0 aliphatic carbocycles. The molecule has 5 nitrogen and oxygen atoms in total. The van der Waals surface area contributed by atoms with Crippen molar-refractivity contribution in [2.24, 2.45) is 0 Å². The Balaban J connectivity index is 1.80. The lowest BCUT2D eigenvalue weighted by Crippen LogP contribution is -2.20. The van der Waals surface area contributed by atoms with Crippen molar-refractivity contribution in [2.75, 3.05) is 27.2 Å². The maximum atomic E-state index is 12.1. The number of H-pyrrole nitrogens is 1. The number of nitrogens with zero attached hydrogens (tertiary/aromatic N) is 2. The number of benzene rings is 2. The Labute approximate surface area is 134 Å². The predicted octanol–water partition coefficient (Wildman–Crippen LogP) is 2.95. The molecule has 3 aromatic rings. The van der Waals surface area contributed by atoms with E-state index in [1.54, 1.807) is 12.1 Å². The first-order valence-corrected chi connectivity index (χ1v) is 7.50. The van der Waals surface area contributed by atoms with Crippen molar-refractivity contribution in [3.63, 3.8) is 0 Å². The monoisotopic (exact) mass is 309 g/mol. The Morgan fingerprint density at radius 2 is 2.00 bits per heavy atom. The number of fused-ring (bicyclic) bond motifs is 1. The van der Waals surface area contributed by atoms with Crippen LogP contribution in [0.3, 0.4) is 0 Å². The number of ether oxygens (including phenoxy) is 1. The summed E-state index contributed by atoms with van der Waals surface area (Å²) in [6.07, 6.45) is 0. The smallest absolute Gasteiger partial charge is 0.338 e. The van der Waals surface area contributed by atoms with Crippen LogP contribution < -0.4 is 0 Å². The number of carbonyl (C=O) groups is 1. The van der Waals surface area contributed by atoms with Crippen molar-refractivity contribution < 1.29 is 9.53 Å². The van der Waals surface area contributed by atoms with Gasteiger partial charge in [0.05, 0.1) is 16.6 Å². The molecular formula is C18H19N3O2. The van der Waals surface area contributed by atoms with Gasteiger partial charge in [-0.3, -0.25) is 0 Å². The van der Waals surface area contributed by atoms with Crippen LogP contribution in [0.25, 0.3) is 22.4 Å². The van der Waals surface area contributed by atoms with Gasteiger partial charge in [0.1, 0.15) is 12.4 Å². The van der Waals surface area contributed by atoms with Gasteiger partial charge in [-0.1, -0.05) is 24.3 Å². The van der Waals surface area contributed by atoms with Crippen LogP contribution in [0.4, 0.5) is 0 Å². The average Bonchev–Trinajstić information content (AvgIpc) is 2.98. The number of imidazole rings is 1. The Bertz CT molecular complexity index is 791. The van der Waals surface area contributed by atoms with E-state index < -0.39 is 0 Å². The Kier molecular flexibility index (Phi) is 4.39. The molecule has 0 atom stereocenters. The molecular weight excluding hydrogens is 290 g/mol. The zero-order chi connectivity index (χ0) is 16.2. The SMILES string of the molecule is CN(C)CCOC(=O)c1cccc(-c2nc3ccccc3[nH]2)c1. The van der Waals surface area contributed by atoms with Gasteiger partial charge in [-0.05, 0) is 38.4 Å². The maximum absolute atomic E-state index is 12.1. The highest BCUT2D eigenvalue weighted by molar-refractivity contribution is 5.91. The lowest BCUT2D eigenvalue weighted by molar-refractivity contribution is 0.0482. The molecule has 0 amide bonds. The van der Waals surface area contributed by atoms with Gasteiger partial charge < -0.3 is 14.6 Å². The third-order valence-electron chi connectivity index (χ3n) is 3.53. The molecule has 0 unspecified atom stereocenters. The predicted molar refractivity (Wildman–Crippen MR) is 90.4 cm³/mol. The van der Waals surface area contributed by atoms with Gasteiger partial charge in [-0.25, -0.2) is 9.78 Å². The number of esters is 1. The number of nitrogens with one attached hydrogen (secondary N) is 1. The molecule has 5 heteroatoms. The standard InChI is InChI=1S/C18H19N3O2/c1-21(2)10-11-23-18(22)14-7-5-6-13(12-14)17-19-15-8-3-4-9-16(15)20-17/h3-9,12H,10-11H2,1-2H3,(H,19,20). The number of aromatic amines is 1. The molecule has 1 heterocycles. The second-order valence-electron chi connectivity index (χ2n) is 5.62. The summed E-state index contributed by atoms with van der Waals surface area (Å²) in [7, 11) is 3.88. The largest absolute Gasteiger partial charge is 0.461 e. The topological polar surface area (TPSA) is 58.2 Å². The maximum Gasteiger partial charge on any atom is 0.338 e. The summed E-state index contributed by atoms with van der Waals surface area (Å²) >= 11 is 0. The van der Waals surface area contributed by atoms with Crippen molar-refractivity contribution in [3.05, 3.63) is 54.1 Å². The van der Waals surface area contributed by atoms with E-state index >= 15 is 0 Å². The molecule has 0 fully saturated rings. The highest BCUT2D eigenvalue weighted by Gasteiger charge is 2.10. The van der Waals surface area contributed by atoms with Gasteiger partial charge >= 0.3 is 5.97 Å². The zero-order valence-corrected chi connectivity index (χ0v) is 13.2. The summed E-state index contributed by atoms with van der Waals surface area (Å²) in [6.45, 7) is 1.08. The van der Waals surface area contributed by atoms with Gasteiger partial charge in [-0.15, -0.1) is 0 Å². The van der Waals surface area contributed by atoms with E-state index in [4.69, 9.17) is 4.74 Å². The Hall–Kier alpha value is -2.66. The third kappa shape index (κ3) is 3.57. The summed E-state index contributed by atoms with van der Waals surface area (Å²) in [6, 6.07) is 15.2. The number of aromatic nitrogens is 2. The van der Waals surface area contributed by atoms with Crippen LogP contribution in [0.1, 0.15) is 10.4 Å². The fraction of sp³-hybridized carbons (Fsp3) is 0.222. The first-order valence-electron chi connectivity index (χ1n) is 7.50. The lowest BCUT2D eigenvalue weighted by Gasteiger charge is -2.10. The van der Waals surface area contributed by atoms with E-state index in [0.717, 1.165) is 22.4 Å². The van der Waals surface area contributed by atoms with Gasteiger partial charge in [0.25, 0.3) is 0 Å². The summed E-state index contributed by atoms with van der Waals surface area (Å²) in [5.74, 6) is 0.430. The highest BCUT2D eigenvalue weighted by Crippen LogP contribution is 2.21. The van der Waals surface area contributed by atoms with Crippen LogP contribution in [0, 0.1) is 0 Å². The molecule has 3 rings (SSSR count). The van der Waals surface area contributed by atoms with Crippen molar-refractivity contribution in [3.8, 4) is 11.4 Å². The van der Waals surface area contributed by atoms with E-state index in [1.165, 1.54) is 0 Å². The van der Waals surface area contributed by atoms with Crippen LogP contribution >= 0.6 is 0 Å². The molecule has 0 aliphatic heterocycles. The minimum absolute atomic E-state index is 0.315. The number of hydrogen-bond acceptors (Lipinski definition) is 4. The van der Waals surface area contributed by atoms with E-state index in [0.29, 0.717) is 18.7 Å². The first kappa shape index (κ1) is 15.2. The van der Waals surface area contributed by atoms with E-state index in [1.807, 2.05) is 55.4 Å². The van der Waals surface area contributed by atoms with Gasteiger partial charge in [0, 0.05) is 12.1 Å². The zero-order valence-electron chi connectivity index (χ0n) is 13.2. The lowest BCUT2D eigenvalue weighted by atomic mass is 10.1. The Morgan fingerprint density at radius 1 is 1.17 bits per heavy atom. The second kappa shape index (κ2) is 6.62. The van der Waals surface area contributed by atoms with Crippen LogP contribution in [-0.4, -0.2) is 48.1 Å². The summed E-state index contributed by atoms with van der Waals surface area (Å²) in [4.78, 5) is 21.9. The minimum atomic E-state index is -0.315. The van der Waals surface area contributed by atoms with E-state index in [-0.39, 0.29) is 5.97 Å². The summed E-state index contributed by atoms with van der Waals surface area (Å²) < 4.78 is 5.28. The number of para-hydroxylation sites is 2. The molecule has 0 saturated heterocycles. The van der Waals surface area contributed by atoms with Crippen molar-refractivity contribution in [2.45, 2.75) is 0 Å². The fourth-order valence-electron chi connectivity index (χ4n) is 2.29. The molecule has 0 saturated carbocycles. The molecule has 0 aliphatic rings. The number of hydrogen-bond donors (Lipinski definition) is 1. The normalized spacial score (nSPS) is 11.1. The first-order chi connectivity index (χ1) is 11.1. The van der Waals surface area contributed by atoms with Crippen LogP contribution in [0.15, 0.2) is 48.5 Å². The van der Waals surface area contributed by atoms with Crippen LogP contribution in [0.2, 0.25) is 0 Å². The van der Waals surface area contributed by atoms with Crippen LogP contribution in [0.5, 0.6) is 0 Å². The van der Waals surface area contributed by atoms with Crippen molar-refractivity contribution in [1.29, 1.82) is 0 Å². The highest BCUT2D eigenvalue weighted by atomic mass is 16.5. The molecule has 118 valence electrons. The van der Waals surface area contributed by atoms with Crippen LogP contribution in [-0.2, 0) is 4.74 Å². The molecule has 23 heavy (non-hydrogen) atoms. The summed E-state index contributed by atoms with van der Waals surface area (Å²) in [5, 5.41) is 0. The van der Waals surface area contributed by atoms with Gasteiger partial charge in [-0.2, -0.15) is 0 Å². The quantitative estimate of drug-likeness (QED) is 0.736. The number of likely N-dealkylation sites (N-methyl/N-ethyl adjacent to an activating group) is 1. The molecule has 0 spiro atoms. The number of carbonyl (C=O) groups excluding carboxylic acids is 1. The summed E-state index contributed by atoms with van der Waals surface area (Å²) in [5.41, 5.74) is 3.27. The average molecular weight is 309 g/mol. The van der Waals surface area contributed by atoms with E-state index in [9.17, 15) is 4.79 Å². The molecule has 1 aromatic heterocycles.